The van der Waals surface area contributed by atoms with E-state index in [2.05, 4.69) is 48.3 Å². The summed E-state index contributed by atoms with van der Waals surface area (Å²) in [7, 11) is 4.14. The van der Waals surface area contributed by atoms with Crippen LogP contribution in [0.2, 0.25) is 0 Å². The Kier molecular flexibility index (Phi) is 6.41. The van der Waals surface area contributed by atoms with Gasteiger partial charge in [-0.2, -0.15) is 0 Å². The van der Waals surface area contributed by atoms with E-state index in [9.17, 15) is 0 Å². The molecule has 1 rings (SSSR count). The Morgan fingerprint density at radius 3 is 2.75 bits per heavy atom. The summed E-state index contributed by atoms with van der Waals surface area (Å²) in [6.45, 7) is 6.12. The van der Waals surface area contributed by atoms with Gasteiger partial charge in [-0.15, -0.1) is 0 Å². The molecule has 1 heterocycles. The molecule has 0 aliphatic rings. The van der Waals surface area contributed by atoms with Gasteiger partial charge < -0.3 is 21.2 Å². The highest BCUT2D eigenvalue weighted by atomic mass is 16.4. The molecule has 20 heavy (non-hydrogen) atoms. The summed E-state index contributed by atoms with van der Waals surface area (Å²) < 4.78 is 0. The van der Waals surface area contributed by atoms with Crippen LogP contribution in [0, 0.1) is 5.92 Å². The minimum atomic E-state index is 0.0283. The first-order valence-electron chi connectivity index (χ1n) is 6.75. The van der Waals surface area contributed by atoms with E-state index in [0.717, 1.165) is 18.7 Å². The van der Waals surface area contributed by atoms with Crippen molar-refractivity contribution < 1.29 is 5.21 Å². The van der Waals surface area contributed by atoms with Crippen molar-refractivity contribution in [2.45, 2.75) is 26.4 Å². The fourth-order valence-electron chi connectivity index (χ4n) is 1.93. The van der Waals surface area contributed by atoms with Gasteiger partial charge in [0.05, 0.1) is 0 Å². The molecule has 0 saturated carbocycles. The van der Waals surface area contributed by atoms with Crippen molar-refractivity contribution in [1.82, 2.24) is 15.2 Å². The number of hydrogen-bond acceptors (Lipinski definition) is 5. The van der Waals surface area contributed by atoms with Gasteiger partial charge in [0, 0.05) is 25.3 Å². The minimum Gasteiger partial charge on any atom is -0.409 e. The Hall–Kier alpha value is -1.66. The summed E-state index contributed by atoms with van der Waals surface area (Å²) in [5.74, 6) is 0.573. The molecule has 0 radical (unpaired) electrons. The highest BCUT2D eigenvalue weighted by Gasteiger charge is 2.13. The highest BCUT2D eigenvalue weighted by molar-refractivity contribution is 5.95. The summed E-state index contributed by atoms with van der Waals surface area (Å²) in [6.07, 6.45) is 1.67. The van der Waals surface area contributed by atoms with Crippen LogP contribution < -0.4 is 11.1 Å². The Morgan fingerprint density at radius 1 is 1.50 bits per heavy atom. The van der Waals surface area contributed by atoms with Gasteiger partial charge in [-0.3, -0.25) is 4.98 Å². The molecular formula is C14H25N5O. The van der Waals surface area contributed by atoms with E-state index in [1.165, 1.54) is 0 Å². The Balaban J connectivity index is 2.68. The van der Waals surface area contributed by atoms with E-state index < -0.39 is 0 Å². The Morgan fingerprint density at radius 2 is 2.20 bits per heavy atom. The van der Waals surface area contributed by atoms with Crippen LogP contribution in [0.1, 0.15) is 25.1 Å². The minimum absolute atomic E-state index is 0.0283. The second-order valence-electron chi connectivity index (χ2n) is 5.53. The van der Waals surface area contributed by atoms with Crippen LogP contribution in [-0.2, 0) is 6.54 Å². The smallest absolute Gasteiger partial charge is 0.188 e. The molecule has 112 valence electrons. The molecule has 0 amide bonds. The number of amidine groups is 1. The Bertz CT molecular complexity index is 445. The lowest BCUT2D eigenvalue weighted by Crippen LogP contribution is -2.41. The molecule has 1 unspecified atom stereocenters. The standard InChI is InChI=1S/C14H25N5O/c1-10(2)13(9-19(3)4)17-8-11-5-6-16-12(7-11)14(15)18-20/h5-7,10,13,17,20H,8-9H2,1-4H3,(H2,15,18). The molecule has 0 aliphatic carbocycles. The maximum Gasteiger partial charge on any atom is 0.188 e. The van der Waals surface area contributed by atoms with Crippen LogP contribution in [0.3, 0.4) is 0 Å². The number of pyridine rings is 1. The first-order chi connectivity index (χ1) is 9.43. The number of aromatic nitrogens is 1. The van der Waals surface area contributed by atoms with E-state index in [1.807, 2.05) is 12.1 Å². The van der Waals surface area contributed by atoms with Crippen LogP contribution >= 0.6 is 0 Å². The number of nitrogens with two attached hydrogens (primary N) is 1. The predicted molar refractivity (Wildman–Crippen MR) is 80.8 cm³/mol. The zero-order valence-electron chi connectivity index (χ0n) is 12.7. The van der Waals surface area contributed by atoms with Gasteiger partial charge in [0.15, 0.2) is 5.84 Å². The zero-order valence-corrected chi connectivity index (χ0v) is 12.7. The number of oxime groups is 1. The number of hydrogen-bond donors (Lipinski definition) is 3. The molecule has 4 N–H and O–H groups in total. The normalized spacial score (nSPS) is 14.0. The molecule has 0 saturated heterocycles. The van der Waals surface area contributed by atoms with Gasteiger partial charge in [0.25, 0.3) is 0 Å². The molecule has 1 aromatic heterocycles. The Labute approximate surface area is 120 Å². The van der Waals surface area contributed by atoms with E-state index in [0.29, 0.717) is 17.7 Å². The zero-order chi connectivity index (χ0) is 15.1. The second-order valence-corrected chi connectivity index (χ2v) is 5.53. The number of rotatable bonds is 7. The summed E-state index contributed by atoms with van der Waals surface area (Å²) in [5.41, 5.74) is 7.09. The van der Waals surface area contributed by atoms with Gasteiger partial charge in [0.1, 0.15) is 5.69 Å². The van der Waals surface area contributed by atoms with Crippen molar-refractivity contribution in [3.8, 4) is 0 Å². The third-order valence-corrected chi connectivity index (χ3v) is 3.13. The molecule has 6 nitrogen and oxygen atoms in total. The van der Waals surface area contributed by atoms with Gasteiger partial charge in [-0.25, -0.2) is 0 Å². The first-order valence-corrected chi connectivity index (χ1v) is 6.75. The third kappa shape index (κ3) is 5.14. The molecule has 1 aromatic rings. The van der Waals surface area contributed by atoms with E-state index in [4.69, 9.17) is 10.9 Å². The lowest BCUT2D eigenvalue weighted by Gasteiger charge is -2.25. The number of nitrogens with zero attached hydrogens (tertiary/aromatic N) is 3. The molecule has 0 spiro atoms. The molecule has 0 bridgehead atoms. The number of nitrogens with one attached hydrogen (secondary N) is 1. The van der Waals surface area contributed by atoms with E-state index >= 15 is 0 Å². The lowest BCUT2D eigenvalue weighted by atomic mass is 10.0. The predicted octanol–water partition coefficient (Wildman–Crippen LogP) is 0.852. The van der Waals surface area contributed by atoms with Crippen molar-refractivity contribution in [3.63, 3.8) is 0 Å². The summed E-state index contributed by atoms with van der Waals surface area (Å²) >= 11 is 0. The summed E-state index contributed by atoms with van der Waals surface area (Å²) in [4.78, 5) is 6.24. The van der Waals surface area contributed by atoms with E-state index in [1.54, 1.807) is 6.20 Å². The summed E-state index contributed by atoms with van der Waals surface area (Å²) in [5, 5.41) is 15.2. The monoisotopic (exact) mass is 279 g/mol. The van der Waals surface area contributed by atoms with Gasteiger partial charge in [-0.05, 0) is 37.7 Å². The molecule has 1 atom stereocenters. The fraction of sp³-hybridized carbons (Fsp3) is 0.571. The van der Waals surface area contributed by atoms with Gasteiger partial charge >= 0.3 is 0 Å². The van der Waals surface area contributed by atoms with Crippen molar-refractivity contribution in [2.75, 3.05) is 20.6 Å². The van der Waals surface area contributed by atoms with Crippen LogP contribution in [0.25, 0.3) is 0 Å². The topological polar surface area (TPSA) is 86.8 Å². The van der Waals surface area contributed by atoms with Gasteiger partial charge in [0.2, 0.25) is 0 Å². The van der Waals surface area contributed by atoms with Crippen molar-refractivity contribution in [2.24, 2.45) is 16.8 Å². The quantitative estimate of drug-likeness (QED) is 0.298. The highest BCUT2D eigenvalue weighted by Crippen LogP contribution is 2.06. The molecule has 0 aliphatic heterocycles. The average Bonchev–Trinajstić information content (AvgIpc) is 2.42. The molecule has 0 fully saturated rings. The van der Waals surface area contributed by atoms with Crippen molar-refractivity contribution in [3.05, 3.63) is 29.6 Å². The first kappa shape index (κ1) is 16.4. The van der Waals surface area contributed by atoms with Crippen LogP contribution in [0.15, 0.2) is 23.5 Å². The maximum absolute atomic E-state index is 8.67. The van der Waals surface area contributed by atoms with E-state index in [-0.39, 0.29) is 5.84 Å². The molecular weight excluding hydrogens is 254 g/mol. The van der Waals surface area contributed by atoms with Crippen LogP contribution in [0.4, 0.5) is 0 Å². The maximum atomic E-state index is 8.67. The van der Waals surface area contributed by atoms with Gasteiger partial charge in [-0.1, -0.05) is 19.0 Å². The van der Waals surface area contributed by atoms with Crippen molar-refractivity contribution in [1.29, 1.82) is 0 Å². The van der Waals surface area contributed by atoms with Crippen LogP contribution in [0.5, 0.6) is 0 Å². The SMILES string of the molecule is CC(C)C(CN(C)C)NCc1ccnc(C(N)=NO)c1. The average molecular weight is 279 g/mol. The van der Waals surface area contributed by atoms with Crippen molar-refractivity contribution >= 4 is 5.84 Å². The lowest BCUT2D eigenvalue weighted by molar-refractivity contribution is 0.288. The summed E-state index contributed by atoms with van der Waals surface area (Å²) in [6, 6.07) is 4.16. The third-order valence-electron chi connectivity index (χ3n) is 3.13. The molecule has 6 heteroatoms. The fourth-order valence-corrected chi connectivity index (χ4v) is 1.93. The number of likely N-dealkylation sites (N-methyl/N-ethyl adjacent to an activating group) is 1. The molecule has 0 aromatic carbocycles. The second kappa shape index (κ2) is 7.81. The largest absolute Gasteiger partial charge is 0.409 e. The van der Waals surface area contributed by atoms with Crippen LogP contribution in [-0.4, -0.2) is 47.6 Å².